The highest BCUT2D eigenvalue weighted by atomic mass is 32.2. The number of hydrogen-bond acceptors (Lipinski definition) is 5. The fraction of sp³-hybridized carbons (Fsp3) is 0.421. The number of piperidine rings is 1. The minimum Gasteiger partial charge on any atom is -0.343 e. The van der Waals surface area contributed by atoms with Crippen molar-refractivity contribution in [3.63, 3.8) is 0 Å². The largest absolute Gasteiger partial charge is 0.343 e. The number of carbonyl (C=O) groups is 1. The predicted octanol–water partition coefficient (Wildman–Crippen LogP) is 1.29. The first-order valence-electron chi connectivity index (χ1n) is 10.0. The summed E-state index contributed by atoms with van der Waals surface area (Å²) in [5.41, 5.74) is -1.84. The van der Waals surface area contributed by atoms with E-state index < -0.39 is 59.7 Å². The van der Waals surface area contributed by atoms with E-state index in [0.29, 0.717) is 6.07 Å². The van der Waals surface area contributed by atoms with Gasteiger partial charge in [-0.15, -0.1) is 0 Å². The minimum absolute atomic E-state index is 0.0430. The van der Waals surface area contributed by atoms with Crippen LogP contribution < -0.4 is 14.8 Å². The number of aromatic nitrogens is 1. The maximum absolute atomic E-state index is 15.1. The van der Waals surface area contributed by atoms with Gasteiger partial charge in [0.2, 0.25) is 10.0 Å². The van der Waals surface area contributed by atoms with E-state index in [9.17, 15) is 30.4 Å². The molecule has 1 saturated heterocycles. The van der Waals surface area contributed by atoms with E-state index >= 15 is 4.39 Å². The second-order valence-corrected chi connectivity index (χ2v) is 11.6. The maximum Gasteiger partial charge on any atom is 0.279 e. The molecule has 0 bridgehead atoms. The summed E-state index contributed by atoms with van der Waals surface area (Å²) in [4.78, 5) is 11.8. The van der Waals surface area contributed by atoms with Gasteiger partial charge in [-0.3, -0.25) is 4.79 Å². The van der Waals surface area contributed by atoms with Gasteiger partial charge in [0.25, 0.3) is 16.1 Å². The van der Waals surface area contributed by atoms with Crippen LogP contribution in [0, 0.1) is 17.5 Å². The van der Waals surface area contributed by atoms with Crippen LogP contribution in [0.25, 0.3) is 0 Å². The fourth-order valence-corrected chi connectivity index (χ4v) is 6.12. The van der Waals surface area contributed by atoms with Crippen LogP contribution in [0.2, 0.25) is 0 Å². The third-order valence-electron chi connectivity index (χ3n) is 5.57. The Kier molecular flexibility index (Phi) is 7.15. The van der Waals surface area contributed by atoms with E-state index in [1.54, 1.807) is 6.92 Å². The van der Waals surface area contributed by atoms with Gasteiger partial charge in [0.15, 0.2) is 17.5 Å². The van der Waals surface area contributed by atoms with Gasteiger partial charge in [-0.2, -0.15) is 12.7 Å². The molecule has 34 heavy (non-hydrogen) atoms. The van der Waals surface area contributed by atoms with Gasteiger partial charge in [-0.05, 0) is 31.9 Å². The monoisotopic (exact) mass is 523 g/mol. The van der Waals surface area contributed by atoms with E-state index in [0.717, 1.165) is 22.9 Å². The van der Waals surface area contributed by atoms with Crippen LogP contribution in [0.3, 0.4) is 0 Å². The molecule has 2 aromatic rings. The van der Waals surface area contributed by atoms with Gasteiger partial charge in [0.1, 0.15) is 10.6 Å². The summed E-state index contributed by atoms with van der Waals surface area (Å²) in [6.45, 7) is 1.66. The van der Waals surface area contributed by atoms with E-state index in [-0.39, 0.29) is 31.6 Å². The second kappa shape index (κ2) is 9.30. The molecule has 2 heterocycles. The van der Waals surface area contributed by atoms with Crippen molar-refractivity contribution in [2.24, 2.45) is 7.05 Å². The van der Waals surface area contributed by atoms with Crippen molar-refractivity contribution >= 4 is 31.8 Å². The molecule has 3 rings (SSSR count). The number of halogens is 3. The van der Waals surface area contributed by atoms with Gasteiger partial charge in [-0.1, -0.05) is 0 Å². The van der Waals surface area contributed by atoms with Crippen molar-refractivity contribution in [2.45, 2.75) is 30.2 Å². The lowest BCUT2D eigenvalue weighted by Crippen LogP contribution is -2.55. The Bertz CT molecular complexity index is 1320. The number of hydrogen-bond donors (Lipinski definition) is 3. The highest BCUT2D eigenvalue weighted by Crippen LogP contribution is 2.28. The molecule has 0 unspecified atom stereocenters. The zero-order valence-electron chi connectivity index (χ0n) is 18.5. The number of sulfonamides is 1. The molecule has 15 heteroatoms. The number of anilines is 1. The smallest absolute Gasteiger partial charge is 0.279 e. The standard InChI is InChI=1S/C19H24F3N5O5S2/c1-19(6-8-27(9-7-19)34(31,32)23-2)25-33(29,30)15-11-26(3)17(16(15)22)18(28)24-12-4-5-13(20)14(21)10-12/h4-5,10-11,23,25H,6-9H2,1-3H3,(H,24,28). The van der Waals surface area contributed by atoms with Crippen LogP contribution in [0.15, 0.2) is 29.3 Å². The zero-order chi connectivity index (χ0) is 25.5. The lowest BCUT2D eigenvalue weighted by Gasteiger charge is -2.38. The van der Waals surface area contributed by atoms with E-state index in [4.69, 9.17) is 0 Å². The number of carbonyl (C=O) groups excluding carboxylic acids is 1. The topological polar surface area (TPSA) is 130 Å². The summed E-state index contributed by atoms with van der Waals surface area (Å²) >= 11 is 0. The SMILES string of the molecule is CNS(=O)(=O)N1CCC(C)(NS(=O)(=O)c2cn(C)c(C(=O)Nc3ccc(F)c(F)c3)c2F)CC1. The number of aryl methyl sites for hydroxylation is 1. The van der Waals surface area contributed by atoms with Gasteiger partial charge in [0.05, 0.1) is 0 Å². The Morgan fingerprint density at radius 3 is 2.24 bits per heavy atom. The fourth-order valence-electron chi connectivity index (χ4n) is 3.61. The van der Waals surface area contributed by atoms with Crippen LogP contribution in [-0.2, 0) is 27.3 Å². The predicted molar refractivity (Wildman–Crippen MR) is 117 cm³/mol. The summed E-state index contributed by atoms with van der Waals surface area (Å²) < 4.78 is 98.1. The number of nitrogens with zero attached hydrogens (tertiary/aromatic N) is 2. The zero-order valence-corrected chi connectivity index (χ0v) is 20.2. The molecule has 0 atom stereocenters. The molecule has 0 aliphatic carbocycles. The van der Waals surface area contributed by atoms with Crippen LogP contribution in [0.5, 0.6) is 0 Å². The molecule has 1 amide bonds. The summed E-state index contributed by atoms with van der Waals surface area (Å²) in [6.07, 6.45) is 1.18. The molecule has 1 aromatic heterocycles. The Hall–Kier alpha value is -2.46. The van der Waals surface area contributed by atoms with Crippen LogP contribution in [0.4, 0.5) is 18.9 Å². The average molecular weight is 524 g/mol. The molecule has 0 radical (unpaired) electrons. The van der Waals surface area contributed by atoms with E-state index in [1.165, 1.54) is 18.4 Å². The van der Waals surface area contributed by atoms with E-state index in [2.05, 4.69) is 14.8 Å². The molecule has 1 aromatic carbocycles. The molecule has 3 N–H and O–H groups in total. The van der Waals surface area contributed by atoms with Gasteiger partial charge >= 0.3 is 0 Å². The average Bonchev–Trinajstić information content (AvgIpc) is 3.05. The minimum atomic E-state index is -4.45. The number of rotatable bonds is 7. The van der Waals surface area contributed by atoms with Crippen molar-refractivity contribution in [2.75, 3.05) is 25.5 Å². The first-order chi connectivity index (χ1) is 15.7. The van der Waals surface area contributed by atoms with Gasteiger partial charge < -0.3 is 9.88 Å². The quantitative estimate of drug-likeness (QED) is 0.504. The molecule has 188 valence electrons. The summed E-state index contributed by atoms with van der Waals surface area (Å²) in [7, 11) is -5.59. The third-order valence-corrected chi connectivity index (χ3v) is 8.76. The van der Waals surface area contributed by atoms with Crippen molar-refractivity contribution in [3.8, 4) is 0 Å². The molecular weight excluding hydrogens is 499 g/mol. The van der Waals surface area contributed by atoms with Crippen LogP contribution in [0.1, 0.15) is 30.3 Å². The van der Waals surface area contributed by atoms with Crippen LogP contribution >= 0.6 is 0 Å². The molecule has 1 fully saturated rings. The maximum atomic E-state index is 15.1. The second-order valence-electron chi connectivity index (χ2n) is 8.12. The Labute approximate surface area is 195 Å². The Morgan fingerprint density at radius 2 is 1.68 bits per heavy atom. The molecule has 1 aliphatic rings. The Balaban J connectivity index is 1.80. The van der Waals surface area contributed by atoms with Gasteiger partial charge in [-0.25, -0.2) is 31.0 Å². The molecule has 1 aliphatic heterocycles. The third kappa shape index (κ3) is 5.27. The molecule has 10 nitrogen and oxygen atoms in total. The summed E-state index contributed by atoms with van der Waals surface area (Å²) in [5.74, 6) is -4.75. The first-order valence-corrected chi connectivity index (χ1v) is 13.0. The van der Waals surface area contributed by atoms with Crippen LogP contribution in [-0.4, -0.2) is 57.3 Å². The normalized spacial score (nSPS) is 17.0. The Morgan fingerprint density at radius 1 is 1.06 bits per heavy atom. The molecule has 0 saturated carbocycles. The summed E-state index contributed by atoms with van der Waals surface area (Å²) in [6, 6.07) is 2.55. The van der Waals surface area contributed by atoms with E-state index in [1.807, 2.05) is 0 Å². The number of benzene rings is 1. The lowest BCUT2D eigenvalue weighted by atomic mass is 9.92. The molecular formula is C19H24F3N5O5S2. The summed E-state index contributed by atoms with van der Waals surface area (Å²) in [5, 5.41) is 2.20. The lowest BCUT2D eigenvalue weighted by molar-refractivity contribution is 0.101. The molecule has 0 spiro atoms. The van der Waals surface area contributed by atoms with Crippen molar-refractivity contribution in [1.82, 2.24) is 18.3 Å². The first kappa shape index (κ1) is 26.2. The van der Waals surface area contributed by atoms with Crippen molar-refractivity contribution in [3.05, 3.63) is 47.5 Å². The number of amides is 1. The van der Waals surface area contributed by atoms with Crippen molar-refractivity contribution in [1.29, 1.82) is 0 Å². The van der Waals surface area contributed by atoms with Crippen molar-refractivity contribution < 1.29 is 34.8 Å². The van der Waals surface area contributed by atoms with Gasteiger partial charge in [0, 0.05) is 50.7 Å². The highest BCUT2D eigenvalue weighted by Gasteiger charge is 2.39. The number of nitrogens with one attached hydrogen (secondary N) is 3. The highest BCUT2D eigenvalue weighted by molar-refractivity contribution is 7.89.